The first-order chi connectivity index (χ1) is 7.24. The van der Waals surface area contributed by atoms with E-state index < -0.39 is 0 Å². The second kappa shape index (κ2) is 4.11. The fraction of sp³-hybridized carbons (Fsp3) is 0.231. The van der Waals surface area contributed by atoms with Crippen LogP contribution in [-0.2, 0) is 6.42 Å². The molecule has 0 unspecified atom stereocenters. The van der Waals surface area contributed by atoms with E-state index in [4.69, 9.17) is 16.3 Å². The Hall–Kier alpha value is -1.21. The molecule has 2 heteroatoms. The van der Waals surface area contributed by atoms with E-state index in [1.54, 1.807) is 7.11 Å². The Bertz CT molecular complexity index is 491. The average molecular weight is 221 g/mol. The standard InChI is InChI=1S/C13H13ClO/c1-3-9-4-5-10-7-11(15-2)8-13(14)12(10)6-9/h4-8H,3H2,1-2H3. The van der Waals surface area contributed by atoms with Gasteiger partial charge in [0, 0.05) is 5.39 Å². The van der Waals surface area contributed by atoms with Crippen molar-refractivity contribution < 1.29 is 4.74 Å². The number of fused-ring (bicyclic) bond motifs is 1. The van der Waals surface area contributed by atoms with Crippen LogP contribution in [0.15, 0.2) is 30.3 Å². The van der Waals surface area contributed by atoms with Gasteiger partial charge in [-0.25, -0.2) is 0 Å². The topological polar surface area (TPSA) is 9.23 Å². The summed E-state index contributed by atoms with van der Waals surface area (Å²) >= 11 is 6.19. The summed E-state index contributed by atoms with van der Waals surface area (Å²) in [5, 5.41) is 2.97. The molecule has 0 bridgehead atoms. The van der Waals surface area contributed by atoms with Crippen LogP contribution >= 0.6 is 11.6 Å². The Morgan fingerprint density at radius 1 is 1.20 bits per heavy atom. The third-order valence-electron chi connectivity index (χ3n) is 2.59. The van der Waals surface area contributed by atoms with Gasteiger partial charge in [0.1, 0.15) is 5.75 Å². The highest BCUT2D eigenvalue weighted by Gasteiger charge is 2.03. The van der Waals surface area contributed by atoms with Gasteiger partial charge in [0.15, 0.2) is 0 Å². The van der Waals surface area contributed by atoms with E-state index in [0.717, 1.165) is 28.0 Å². The van der Waals surface area contributed by atoms with Gasteiger partial charge in [-0.3, -0.25) is 0 Å². The number of benzene rings is 2. The summed E-state index contributed by atoms with van der Waals surface area (Å²) in [6.07, 6.45) is 1.03. The Labute approximate surface area is 94.6 Å². The number of halogens is 1. The van der Waals surface area contributed by atoms with Gasteiger partial charge in [0.2, 0.25) is 0 Å². The molecule has 0 aliphatic carbocycles. The first-order valence-corrected chi connectivity index (χ1v) is 5.38. The van der Waals surface area contributed by atoms with Crippen molar-refractivity contribution in [3.05, 3.63) is 40.9 Å². The Kier molecular flexibility index (Phi) is 2.83. The Morgan fingerprint density at radius 2 is 2.00 bits per heavy atom. The zero-order valence-corrected chi connectivity index (χ0v) is 9.64. The van der Waals surface area contributed by atoms with Crippen LogP contribution in [0, 0.1) is 0 Å². The number of hydrogen-bond donors (Lipinski definition) is 0. The van der Waals surface area contributed by atoms with Crippen LogP contribution in [0.3, 0.4) is 0 Å². The molecule has 0 atom stereocenters. The lowest BCUT2D eigenvalue weighted by Gasteiger charge is -2.06. The van der Waals surface area contributed by atoms with Gasteiger partial charge in [-0.15, -0.1) is 0 Å². The van der Waals surface area contributed by atoms with Crippen molar-refractivity contribution in [2.45, 2.75) is 13.3 Å². The highest BCUT2D eigenvalue weighted by molar-refractivity contribution is 6.35. The van der Waals surface area contributed by atoms with Crippen molar-refractivity contribution in [2.24, 2.45) is 0 Å². The molecule has 15 heavy (non-hydrogen) atoms. The lowest BCUT2D eigenvalue weighted by molar-refractivity contribution is 0.415. The second-order valence-corrected chi connectivity index (χ2v) is 3.93. The van der Waals surface area contributed by atoms with Crippen molar-refractivity contribution in [3.63, 3.8) is 0 Å². The third kappa shape index (κ3) is 1.93. The summed E-state index contributed by atoms with van der Waals surface area (Å²) < 4.78 is 5.18. The fourth-order valence-corrected chi connectivity index (χ4v) is 1.94. The Morgan fingerprint density at radius 3 is 2.67 bits per heavy atom. The van der Waals surface area contributed by atoms with Crippen molar-refractivity contribution in [3.8, 4) is 5.75 Å². The SMILES string of the molecule is CCc1ccc2cc(OC)cc(Cl)c2c1. The van der Waals surface area contributed by atoms with Crippen molar-refractivity contribution in [1.29, 1.82) is 0 Å². The maximum absolute atomic E-state index is 6.19. The lowest BCUT2D eigenvalue weighted by Crippen LogP contribution is -1.85. The minimum atomic E-state index is 0.750. The molecule has 2 aromatic carbocycles. The van der Waals surface area contributed by atoms with Crippen LogP contribution in [0.2, 0.25) is 5.02 Å². The van der Waals surface area contributed by atoms with E-state index in [1.165, 1.54) is 5.56 Å². The first kappa shape index (κ1) is 10.3. The van der Waals surface area contributed by atoms with Crippen LogP contribution < -0.4 is 4.74 Å². The van der Waals surface area contributed by atoms with Crippen LogP contribution in [-0.4, -0.2) is 7.11 Å². The summed E-state index contributed by atoms with van der Waals surface area (Å²) in [5.41, 5.74) is 1.30. The zero-order chi connectivity index (χ0) is 10.8. The number of rotatable bonds is 2. The third-order valence-corrected chi connectivity index (χ3v) is 2.90. The molecule has 0 amide bonds. The minimum Gasteiger partial charge on any atom is -0.497 e. The zero-order valence-electron chi connectivity index (χ0n) is 8.88. The predicted octanol–water partition coefficient (Wildman–Crippen LogP) is 4.06. The average Bonchev–Trinajstić information content (AvgIpc) is 2.28. The molecule has 78 valence electrons. The fourth-order valence-electron chi connectivity index (χ4n) is 1.67. The second-order valence-electron chi connectivity index (χ2n) is 3.52. The highest BCUT2D eigenvalue weighted by atomic mass is 35.5. The Balaban J connectivity index is 2.68. The quantitative estimate of drug-likeness (QED) is 0.742. The van der Waals surface area contributed by atoms with Gasteiger partial charge in [-0.1, -0.05) is 30.7 Å². The highest BCUT2D eigenvalue weighted by Crippen LogP contribution is 2.29. The van der Waals surface area contributed by atoms with Crippen LogP contribution in [0.25, 0.3) is 10.8 Å². The molecule has 2 rings (SSSR count). The predicted molar refractivity (Wildman–Crippen MR) is 64.9 cm³/mol. The maximum Gasteiger partial charge on any atom is 0.120 e. The molecule has 0 spiro atoms. The number of aryl methyl sites for hydroxylation is 1. The first-order valence-electron chi connectivity index (χ1n) is 5.00. The van der Waals surface area contributed by atoms with E-state index in [9.17, 15) is 0 Å². The smallest absolute Gasteiger partial charge is 0.120 e. The summed E-state index contributed by atoms with van der Waals surface area (Å²) in [7, 11) is 1.65. The molecule has 0 heterocycles. The normalized spacial score (nSPS) is 10.6. The van der Waals surface area contributed by atoms with E-state index in [-0.39, 0.29) is 0 Å². The molecular formula is C13H13ClO. The number of hydrogen-bond acceptors (Lipinski definition) is 1. The maximum atomic E-state index is 6.19. The van der Waals surface area contributed by atoms with Gasteiger partial charge in [-0.05, 0) is 35.6 Å². The van der Waals surface area contributed by atoms with Gasteiger partial charge in [0.05, 0.1) is 12.1 Å². The van der Waals surface area contributed by atoms with E-state index >= 15 is 0 Å². The summed E-state index contributed by atoms with van der Waals surface area (Å²) in [6, 6.07) is 10.2. The molecule has 2 aromatic rings. The molecule has 0 saturated carbocycles. The molecule has 0 aliphatic heterocycles. The van der Waals surface area contributed by atoms with Gasteiger partial charge >= 0.3 is 0 Å². The monoisotopic (exact) mass is 220 g/mol. The van der Waals surface area contributed by atoms with E-state index in [1.807, 2.05) is 12.1 Å². The summed E-state index contributed by atoms with van der Waals surface area (Å²) in [6.45, 7) is 2.14. The van der Waals surface area contributed by atoms with Gasteiger partial charge in [0.25, 0.3) is 0 Å². The van der Waals surface area contributed by atoms with Crippen molar-refractivity contribution in [1.82, 2.24) is 0 Å². The number of ether oxygens (including phenoxy) is 1. The molecule has 0 saturated heterocycles. The minimum absolute atomic E-state index is 0.750. The van der Waals surface area contributed by atoms with Crippen molar-refractivity contribution >= 4 is 22.4 Å². The van der Waals surface area contributed by atoms with Crippen LogP contribution in [0.5, 0.6) is 5.75 Å². The molecule has 0 aliphatic rings. The number of methoxy groups -OCH3 is 1. The molecule has 0 N–H and O–H groups in total. The largest absolute Gasteiger partial charge is 0.497 e. The molecular weight excluding hydrogens is 208 g/mol. The summed E-state index contributed by atoms with van der Waals surface area (Å²) in [4.78, 5) is 0. The lowest BCUT2D eigenvalue weighted by atomic mass is 10.1. The van der Waals surface area contributed by atoms with Crippen LogP contribution in [0.4, 0.5) is 0 Å². The summed E-state index contributed by atoms with van der Waals surface area (Å²) in [5.74, 6) is 0.803. The van der Waals surface area contributed by atoms with E-state index in [0.29, 0.717) is 0 Å². The van der Waals surface area contributed by atoms with Gasteiger partial charge < -0.3 is 4.74 Å². The van der Waals surface area contributed by atoms with E-state index in [2.05, 4.69) is 25.1 Å². The molecule has 0 aromatic heterocycles. The molecule has 1 nitrogen and oxygen atoms in total. The van der Waals surface area contributed by atoms with Crippen LogP contribution in [0.1, 0.15) is 12.5 Å². The van der Waals surface area contributed by atoms with Gasteiger partial charge in [-0.2, -0.15) is 0 Å². The van der Waals surface area contributed by atoms with Crippen molar-refractivity contribution in [2.75, 3.05) is 7.11 Å². The molecule has 0 radical (unpaired) electrons. The molecule has 0 fully saturated rings.